The normalized spacial score (nSPS) is 10.4. The summed E-state index contributed by atoms with van der Waals surface area (Å²) in [6, 6.07) is 7.66. The molecule has 2 aromatic heterocycles. The standard InChI is InChI=1S/C18H18N6O2S/c1-3-11-6-4-5-7-12(11)22-17(26)15-10(2)24-27-18(15)23-14-9-20-13(8-21-14)16(19)25/h4-9H,3H2,1-2H3,(H2,19,25)(H,21,23)(H,22,26). The van der Waals surface area contributed by atoms with Gasteiger partial charge in [-0.2, -0.15) is 4.37 Å². The average Bonchev–Trinajstić information content (AvgIpc) is 3.02. The van der Waals surface area contributed by atoms with Gasteiger partial charge in [-0.25, -0.2) is 9.97 Å². The van der Waals surface area contributed by atoms with E-state index in [1.165, 1.54) is 12.4 Å². The van der Waals surface area contributed by atoms with E-state index in [0.29, 0.717) is 22.1 Å². The highest BCUT2D eigenvalue weighted by Gasteiger charge is 2.20. The van der Waals surface area contributed by atoms with E-state index >= 15 is 0 Å². The number of nitrogens with zero attached hydrogens (tertiary/aromatic N) is 3. The van der Waals surface area contributed by atoms with Crippen molar-refractivity contribution in [3.05, 3.63) is 59.2 Å². The lowest BCUT2D eigenvalue weighted by molar-refractivity contribution is 0.0993. The Bertz CT molecular complexity index is 984. The number of nitrogens with one attached hydrogen (secondary N) is 2. The number of carbonyl (C=O) groups excluding carboxylic acids is 2. The van der Waals surface area contributed by atoms with Crippen molar-refractivity contribution < 1.29 is 9.59 Å². The minimum atomic E-state index is -0.655. The average molecular weight is 382 g/mol. The lowest BCUT2D eigenvalue weighted by Gasteiger charge is -2.11. The second-order valence-electron chi connectivity index (χ2n) is 5.71. The number of aryl methyl sites for hydroxylation is 2. The van der Waals surface area contributed by atoms with Gasteiger partial charge < -0.3 is 16.4 Å². The summed E-state index contributed by atoms with van der Waals surface area (Å²) >= 11 is 1.15. The van der Waals surface area contributed by atoms with Gasteiger partial charge in [0, 0.05) is 5.69 Å². The molecule has 0 aliphatic carbocycles. The second kappa shape index (κ2) is 7.92. The van der Waals surface area contributed by atoms with Gasteiger partial charge in [-0.1, -0.05) is 25.1 Å². The highest BCUT2D eigenvalue weighted by Crippen LogP contribution is 2.28. The number of amides is 2. The van der Waals surface area contributed by atoms with Crippen LogP contribution in [0.5, 0.6) is 0 Å². The molecule has 0 saturated heterocycles. The van der Waals surface area contributed by atoms with Crippen LogP contribution in [-0.2, 0) is 6.42 Å². The first kappa shape index (κ1) is 18.5. The predicted molar refractivity (Wildman–Crippen MR) is 104 cm³/mol. The summed E-state index contributed by atoms with van der Waals surface area (Å²) in [6.07, 6.45) is 3.46. The van der Waals surface area contributed by atoms with Crippen LogP contribution in [0.4, 0.5) is 16.5 Å². The highest BCUT2D eigenvalue weighted by molar-refractivity contribution is 7.10. The number of rotatable bonds is 6. The summed E-state index contributed by atoms with van der Waals surface area (Å²) in [7, 11) is 0. The molecule has 0 bridgehead atoms. The first-order chi connectivity index (χ1) is 13.0. The Morgan fingerprint density at radius 3 is 2.63 bits per heavy atom. The summed E-state index contributed by atoms with van der Waals surface area (Å²) in [5, 5.41) is 6.51. The van der Waals surface area contributed by atoms with Crippen LogP contribution in [0.15, 0.2) is 36.7 Å². The summed E-state index contributed by atoms with van der Waals surface area (Å²) in [6.45, 7) is 3.80. The summed E-state index contributed by atoms with van der Waals surface area (Å²) in [5.74, 6) is -0.532. The zero-order valence-corrected chi connectivity index (χ0v) is 15.6. The molecule has 4 N–H and O–H groups in total. The minimum absolute atomic E-state index is 0.0650. The van der Waals surface area contributed by atoms with Crippen LogP contribution in [-0.4, -0.2) is 26.2 Å². The van der Waals surface area contributed by atoms with Gasteiger partial charge in [-0.05, 0) is 36.5 Å². The Morgan fingerprint density at radius 2 is 1.96 bits per heavy atom. The number of carbonyl (C=O) groups is 2. The largest absolute Gasteiger partial charge is 0.364 e. The molecule has 0 fully saturated rings. The van der Waals surface area contributed by atoms with E-state index in [2.05, 4.69) is 25.0 Å². The number of aromatic nitrogens is 3. The Balaban J connectivity index is 1.83. The first-order valence-corrected chi connectivity index (χ1v) is 9.01. The van der Waals surface area contributed by atoms with Gasteiger partial charge in [0.05, 0.1) is 23.7 Å². The lowest BCUT2D eigenvalue weighted by atomic mass is 10.1. The van der Waals surface area contributed by atoms with Gasteiger partial charge in [-0.15, -0.1) is 0 Å². The molecule has 0 spiro atoms. The molecule has 0 radical (unpaired) electrons. The summed E-state index contributed by atoms with van der Waals surface area (Å²) < 4.78 is 4.26. The van der Waals surface area contributed by atoms with Gasteiger partial charge in [0.25, 0.3) is 11.8 Å². The zero-order valence-electron chi connectivity index (χ0n) is 14.8. The number of hydrogen-bond donors (Lipinski definition) is 3. The molecule has 3 aromatic rings. The quantitative estimate of drug-likeness (QED) is 0.602. The third kappa shape index (κ3) is 4.09. The van der Waals surface area contributed by atoms with Gasteiger partial charge >= 0.3 is 0 Å². The van der Waals surface area contributed by atoms with Gasteiger partial charge in [0.1, 0.15) is 16.5 Å². The Labute approximate surface area is 160 Å². The number of primary amides is 1. The van der Waals surface area contributed by atoms with Gasteiger partial charge in [0.2, 0.25) is 0 Å². The van der Waals surface area contributed by atoms with E-state index in [9.17, 15) is 9.59 Å². The van der Waals surface area contributed by atoms with E-state index in [4.69, 9.17) is 5.73 Å². The molecular formula is C18H18N6O2S. The van der Waals surface area contributed by atoms with Crippen LogP contribution >= 0.6 is 11.5 Å². The van der Waals surface area contributed by atoms with Crippen molar-refractivity contribution in [1.29, 1.82) is 0 Å². The molecule has 9 heteroatoms. The van der Waals surface area contributed by atoms with Crippen molar-refractivity contribution in [1.82, 2.24) is 14.3 Å². The fourth-order valence-corrected chi connectivity index (χ4v) is 3.30. The Hall–Kier alpha value is -3.33. The van der Waals surface area contributed by atoms with E-state index in [1.54, 1.807) is 6.92 Å². The van der Waals surface area contributed by atoms with Crippen molar-refractivity contribution in [2.24, 2.45) is 5.73 Å². The smallest absolute Gasteiger partial charge is 0.268 e. The minimum Gasteiger partial charge on any atom is -0.364 e. The van der Waals surface area contributed by atoms with Crippen LogP contribution in [0.25, 0.3) is 0 Å². The molecule has 2 heterocycles. The monoisotopic (exact) mass is 382 g/mol. The van der Waals surface area contributed by atoms with Crippen LogP contribution in [0, 0.1) is 6.92 Å². The number of nitrogens with two attached hydrogens (primary N) is 1. The number of hydrogen-bond acceptors (Lipinski definition) is 7. The van der Waals surface area contributed by atoms with E-state index in [1.807, 2.05) is 31.2 Å². The first-order valence-electron chi connectivity index (χ1n) is 8.24. The van der Waals surface area contributed by atoms with Crippen molar-refractivity contribution >= 4 is 39.9 Å². The SMILES string of the molecule is CCc1ccccc1NC(=O)c1c(C)nsc1Nc1cnc(C(N)=O)cn1. The third-order valence-electron chi connectivity index (χ3n) is 3.88. The van der Waals surface area contributed by atoms with Crippen LogP contribution in [0.3, 0.4) is 0 Å². The predicted octanol–water partition coefficient (Wildman–Crippen LogP) is 2.90. The molecule has 0 unspecified atom stereocenters. The Morgan fingerprint density at radius 1 is 1.19 bits per heavy atom. The van der Waals surface area contributed by atoms with Crippen LogP contribution in [0.1, 0.15) is 39.0 Å². The fourth-order valence-electron chi connectivity index (χ4n) is 2.49. The van der Waals surface area contributed by atoms with E-state index in [-0.39, 0.29) is 11.6 Å². The maximum absolute atomic E-state index is 12.8. The molecule has 1 aromatic carbocycles. The number of benzene rings is 1. The molecule has 8 nitrogen and oxygen atoms in total. The molecule has 0 aliphatic heterocycles. The van der Waals surface area contributed by atoms with Crippen LogP contribution in [0.2, 0.25) is 0 Å². The molecule has 0 saturated carbocycles. The van der Waals surface area contributed by atoms with E-state index in [0.717, 1.165) is 29.2 Å². The molecule has 0 atom stereocenters. The molecule has 2 amide bonds. The lowest BCUT2D eigenvalue weighted by Crippen LogP contribution is -2.15. The zero-order chi connectivity index (χ0) is 19.4. The van der Waals surface area contributed by atoms with Crippen molar-refractivity contribution in [2.45, 2.75) is 20.3 Å². The van der Waals surface area contributed by atoms with Crippen molar-refractivity contribution in [2.75, 3.05) is 10.6 Å². The summed E-state index contributed by atoms with van der Waals surface area (Å²) in [5.41, 5.74) is 8.09. The van der Waals surface area contributed by atoms with Gasteiger partial charge in [-0.3, -0.25) is 9.59 Å². The van der Waals surface area contributed by atoms with Crippen molar-refractivity contribution in [3.63, 3.8) is 0 Å². The molecule has 138 valence electrons. The number of anilines is 3. The van der Waals surface area contributed by atoms with Crippen LogP contribution < -0.4 is 16.4 Å². The highest BCUT2D eigenvalue weighted by atomic mass is 32.1. The molecule has 0 aliphatic rings. The maximum Gasteiger partial charge on any atom is 0.268 e. The fraction of sp³-hybridized carbons (Fsp3) is 0.167. The molecular weight excluding hydrogens is 364 g/mol. The van der Waals surface area contributed by atoms with Crippen molar-refractivity contribution in [3.8, 4) is 0 Å². The molecule has 3 rings (SSSR count). The van der Waals surface area contributed by atoms with Gasteiger partial charge in [0.15, 0.2) is 0 Å². The third-order valence-corrected chi connectivity index (χ3v) is 4.74. The maximum atomic E-state index is 12.8. The number of para-hydroxylation sites is 1. The molecule has 27 heavy (non-hydrogen) atoms. The van der Waals surface area contributed by atoms with E-state index < -0.39 is 5.91 Å². The second-order valence-corrected chi connectivity index (χ2v) is 6.49. The Kier molecular flexibility index (Phi) is 5.41. The summed E-state index contributed by atoms with van der Waals surface area (Å²) in [4.78, 5) is 31.9. The topological polar surface area (TPSA) is 123 Å².